The third kappa shape index (κ3) is 3.25. The van der Waals surface area contributed by atoms with E-state index in [-0.39, 0.29) is 11.9 Å². The van der Waals surface area contributed by atoms with E-state index in [0.29, 0.717) is 5.75 Å². The van der Waals surface area contributed by atoms with Gasteiger partial charge in [0.1, 0.15) is 11.6 Å². The topological polar surface area (TPSA) is 32.3 Å². The van der Waals surface area contributed by atoms with Crippen LogP contribution in [0.4, 0.5) is 10.1 Å². The van der Waals surface area contributed by atoms with Gasteiger partial charge in [0.2, 0.25) is 0 Å². The largest absolute Gasteiger partial charge is 0.508 e. The van der Waals surface area contributed by atoms with Crippen molar-refractivity contribution in [1.29, 1.82) is 0 Å². The molecule has 0 saturated carbocycles. The third-order valence-corrected chi connectivity index (χ3v) is 3.22. The van der Waals surface area contributed by atoms with Gasteiger partial charge in [0.05, 0.1) is 6.04 Å². The first-order valence-corrected chi connectivity index (χ1v) is 6.41. The normalized spacial score (nSPS) is 12.2. The summed E-state index contributed by atoms with van der Waals surface area (Å²) in [6.07, 6.45) is 0.894. The zero-order valence-electron chi connectivity index (χ0n) is 11.2. The number of phenols is 1. The molecule has 2 aromatic rings. The van der Waals surface area contributed by atoms with Gasteiger partial charge in [-0.15, -0.1) is 0 Å². The number of aromatic hydroxyl groups is 1. The lowest BCUT2D eigenvalue weighted by atomic mass is 10.0. The van der Waals surface area contributed by atoms with Crippen LogP contribution < -0.4 is 5.32 Å². The van der Waals surface area contributed by atoms with Crippen molar-refractivity contribution >= 4 is 5.69 Å². The van der Waals surface area contributed by atoms with Gasteiger partial charge in [0.15, 0.2) is 0 Å². The Kier molecular flexibility index (Phi) is 4.05. The molecule has 100 valence electrons. The number of rotatable bonds is 4. The van der Waals surface area contributed by atoms with Gasteiger partial charge in [-0.3, -0.25) is 0 Å². The quantitative estimate of drug-likeness (QED) is 0.797. The summed E-state index contributed by atoms with van der Waals surface area (Å²) in [6.45, 7) is 3.94. The molecule has 0 bridgehead atoms. The number of hydrogen-bond donors (Lipinski definition) is 2. The van der Waals surface area contributed by atoms with Gasteiger partial charge in [-0.25, -0.2) is 4.39 Å². The van der Waals surface area contributed by atoms with E-state index in [9.17, 15) is 9.50 Å². The molecule has 0 amide bonds. The molecule has 19 heavy (non-hydrogen) atoms. The highest BCUT2D eigenvalue weighted by atomic mass is 19.1. The summed E-state index contributed by atoms with van der Waals surface area (Å²) in [6, 6.07) is 12.1. The van der Waals surface area contributed by atoms with Gasteiger partial charge in [0, 0.05) is 5.69 Å². The SMILES string of the molecule is CCC(Nc1ccc(O)c(C)c1)c1ccc(F)cc1. The minimum absolute atomic E-state index is 0.129. The van der Waals surface area contributed by atoms with E-state index in [4.69, 9.17) is 0 Å². The van der Waals surface area contributed by atoms with Crippen molar-refractivity contribution in [2.45, 2.75) is 26.3 Å². The summed E-state index contributed by atoms with van der Waals surface area (Å²) in [5.74, 6) is 0.0689. The van der Waals surface area contributed by atoms with Crippen molar-refractivity contribution in [3.8, 4) is 5.75 Å². The monoisotopic (exact) mass is 259 g/mol. The van der Waals surface area contributed by atoms with Gasteiger partial charge in [-0.05, 0) is 54.8 Å². The fourth-order valence-corrected chi connectivity index (χ4v) is 2.06. The molecule has 0 aliphatic carbocycles. The maximum absolute atomic E-state index is 12.9. The zero-order chi connectivity index (χ0) is 13.8. The summed E-state index contributed by atoms with van der Waals surface area (Å²) in [5.41, 5.74) is 2.83. The highest BCUT2D eigenvalue weighted by Crippen LogP contribution is 2.26. The molecule has 0 radical (unpaired) electrons. The first kappa shape index (κ1) is 13.4. The summed E-state index contributed by atoms with van der Waals surface area (Å²) in [5, 5.41) is 12.9. The fourth-order valence-electron chi connectivity index (χ4n) is 2.06. The van der Waals surface area contributed by atoms with Gasteiger partial charge in [-0.1, -0.05) is 19.1 Å². The molecule has 3 heteroatoms. The van der Waals surface area contributed by atoms with Gasteiger partial charge < -0.3 is 10.4 Å². The Hall–Kier alpha value is -2.03. The summed E-state index contributed by atoms with van der Waals surface area (Å²) in [4.78, 5) is 0. The predicted molar refractivity (Wildman–Crippen MR) is 75.9 cm³/mol. The standard InChI is InChI=1S/C16H18FNO/c1-3-15(12-4-6-13(17)7-5-12)18-14-8-9-16(19)11(2)10-14/h4-10,15,18-19H,3H2,1-2H3. The molecule has 2 rings (SSSR count). The number of aryl methyl sites for hydroxylation is 1. The molecule has 2 aromatic carbocycles. The Balaban J connectivity index is 2.18. The number of hydrogen-bond acceptors (Lipinski definition) is 2. The lowest BCUT2D eigenvalue weighted by molar-refractivity contribution is 0.471. The second-order valence-electron chi connectivity index (χ2n) is 4.66. The van der Waals surface area contributed by atoms with Crippen molar-refractivity contribution in [2.75, 3.05) is 5.32 Å². The third-order valence-electron chi connectivity index (χ3n) is 3.22. The van der Waals surface area contributed by atoms with Crippen molar-refractivity contribution in [1.82, 2.24) is 0 Å². The van der Waals surface area contributed by atoms with Gasteiger partial charge in [-0.2, -0.15) is 0 Å². The second kappa shape index (κ2) is 5.74. The number of halogens is 1. The van der Waals surface area contributed by atoms with Gasteiger partial charge >= 0.3 is 0 Å². The van der Waals surface area contributed by atoms with Crippen LogP contribution in [0.3, 0.4) is 0 Å². The molecule has 0 heterocycles. The van der Waals surface area contributed by atoms with E-state index in [1.807, 2.05) is 19.1 Å². The van der Waals surface area contributed by atoms with Crippen LogP contribution in [0, 0.1) is 12.7 Å². The van der Waals surface area contributed by atoms with Crippen LogP contribution >= 0.6 is 0 Å². The molecule has 2 N–H and O–H groups in total. The van der Waals surface area contributed by atoms with Crippen LogP contribution in [0.5, 0.6) is 5.75 Å². The second-order valence-corrected chi connectivity index (χ2v) is 4.66. The van der Waals surface area contributed by atoms with Gasteiger partial charge in [0.25, 0.3) is 0 Å². The first-order valence-electron chi connectivity index (χ1n) is 6.41. The molecule has 0 aliphatic rings. The highest BCUT2D eigenvalue weighted by molar-refractivity contribution is 5.51. The molecule has 0 spiro atoms. The van der Waals surface area contributed by atoms with E-state index in [0.717, 1.165) is 23.2 Å². The molecular weight excluding hydrogens is 241 g/mol. The minimum Gasteiger partial charge on any atom is -0.508 e. The Morgan fingerprint density at radius 2 is 1.84 bits per heavy atom. The molecule has 0 aromatic heterocycles. The van der Waals surface area contributed by atoms with Crippen LogP contribution in [0.25, 0.3) is 0 Å². The Labute approximate surface area is 112 Å². The van der Waals surface area contributed by atoms with Crippen LogP contribution in [0.15, 0.2) is 42.5 Å². The molecule has 0 fully saturated rings. The number of phenolic OH excluding ortho intramolecular Hbond substituents is 1. The molecular formula is C16H18FNO. The smallest absolute Gasteiger partial charge is 0.123 e. The molecule has 0 saturated heterocycles. The predicted octanol–water partition coefficient (Wildman–Crippen LogP) is 4.40. The van der Waals surface area contributed by atoms with E-state index in [1.54, 1.807) is 18.2 Å². The zero-order valence-corrected chi connectivity index (χ0v) is 11.2. The number of benzene rings is 2. The minimum atomic E-state index is -0.223. The molecule has 0 aliphatic heterocycles. The molecule has 1 atom stereocenters. The Bertz CT molecular complexity index is 551. The summed E-state index contributed by atoms with van der Waals surface area (Å²) >= 11 is 0. The van der Waals surface area contributed by atoms with Crippen LogP contribution in [0.1, 0.15) is 30.5 Å². The van der Waals surface area contributed by atoms with E-state index in [2.05, 4.69) is 12.2 Å². The first-order chi connectivity index (χ1) is 9.10. The van der Waals surface area contributed by atoms with Crippen molar-refractivity contribution in [3.05, 3.63) is 59.4 Å². The number of anilines is 1. The van der Waals surface area contributed by atoms with Crippen LogP contribution in [0.2, 0.25) is 0 Å². The van der Waals surface area contributed by atoms with Crippen LogP contribution in [-0.4, -0.2) is 5.11 Å². The average Bonchev–Trinajstić information content (AvgIpc) is 2.41. The van der Waals surface area contributed by atoms with Crippen molar-refractivity contribution in [2.24, 2.45) is 0 Å². The molecule has 1 unspecified atom stereocenters. The highest BCUT2D eigenvalue weighted by Gasteiger charge is 2.09. The van der Waals surface area contributed by atoms with E-state index in [1.165, 1.54) is 12.1 Å². The summed E-state index contributed by atoms with van der Waals surface area (Å²) < 4.78 is 12.9. The maximum Gasteiger partial charge on any atom is 0.123 e. The van der Waals surface area contributed by atoms with Crippen molar-refractivity contribution in [3.63, 3.8) is 0 Å². The molecule has 2 nitrogen and oxygen atoms in total. The Morgan fingerprint density at radius 3 is 2.42 bits per heavy atom. The Morgan fingerprint density at radius 1 is 1.16 bits per heavy atom. The average molecular weight is 259 g/mol. The van der Waals surface area contributed by atoms with E-state index < -0.39 is 0 Å². The lowest BCUT2D eigenvalue weighted by Crippen LogP contribution is -2.09. The lowest BCUT2D eigenvalue weighted by Gasteiger charge is -2.19. The van der Waals surface area contributed by atoms with Crippen molar-refractivity contribution < 1.29 is 9.50 Å². The maximum atomic E-state index is 12.9. The van der Waals surface area contributed by atoms with Crippen LogP contribution in [-0.2, 0) is 0 Å². The number of nitrogens with one attached hydrogen (secondary N) is 1. The summed E-state index contributed by atoms with van der Waals surface area (Å²) in [7, 11) is 0. The van der Waals surface area contributed by atoms with E-state index >= 15 is 0 Å². The fraction of sp³-hybridized carbons (Fsp3) is 0.250.